The fourth-order valence-corrected chi connectivity index (χ4v) is 1.86. The Morgan fingerprint density at radius 1 is 1.25 bits per heavy atom. The van der Waals surface area contributed by atoms with Crippen LogP contribution in [0.3, 0.4) is 0 Å². The maximum Gasteiger partial charge on any atom is 0.224 e. The highest BCUT2D eigenvalue weighted by atomic mass is 35.5. The normalized spacial score (nSPS) is 10.7. The van der Waals surface area contributed by atoms with Gasteiger partial charge in [-0.05, 0) is 25.1 Å². The minimum atomic E-state index is 0.232. The maximum absolute atomic E-state index is 5.95. The molecule has 2 aromatic rings. The lowest BCUT2D eigenvalue weighted by Gasteiger charge is -2.11. The van der Waals surface area contributed by atoms with Gasteiger partial charge in [0.25, 0.3) is 0 Å². The Kier molecular flexibility index (Phi) is 4.79. The molecular weight excluding hydrogens is 274 g/mol. The van der Waals surface area contributed by atoms with Crippen LogP contribution in [0.1, 0.15) is 32.5 Å². The number of anilines is 1. The van der Waals surface area contributed by atoms with Crippen molar-refractivity contribution in [2.45, 2.75) is 26.7 Å². The largest absolute Gasteiger partial charge is 0.439 e. The second-order valence-electron chi connectivity index (χ2n) is 4.69. The molecule has 0 aliphatic carbocycles. The van der Waals surface area contributed by atoms with Gasteiger partial charge in [0.05, 0.1) is 0 Å². The SMILES string of the molecule is CCNc1cc(Oc2cccc(Cl)c2)nc(C(C)C)n1. The number of nitrogens with zero attached hydrogens (tertiary/aromatic N) is 2. The minimum absolute atomic E-state index is 0.232. The third-order valence-corrected chi connectivity index (χ3v) is 2.85. The number of hydrogen-bond donors (Lipinski definition) is 1. The van der Waals surface area contributed by atoms with Gasteiger partial charge in [-0.15, -0.1) is 0 Å². The summed E-state index contributed by atoms with van der Waals surface area (Å²) in [5.74, 6) is 2.93. The van der Waals surface area contributed by atoms with Crippen molar-refractivity contribution in [3.8, 4) is 11.6 Å². The molecule has 106 valence electrons. The molecular formula is C15H18ClN3O. The number of hydrogen-bond acceptors (Lipinski definition) is 4. The topological polar surface area (TPSA) is 47.0 Å². The molecule has 0 spiro atoms. The number of benzene rings is 1. The second kappa shape index (κ2) is 6.57. The van der Waals surface area contributed by atoms with E-state index in [9.17, 15) is 0 Å². The van der Waals surface area contributed by atoms with E-state index >= 15 is 0 Å². The molecule has 0 saturated heterocycles. The molecule has 0 aliphatic heterocycles. The first-order valence-corrected chi connectivity index (χ1v) is 7.02. The molecule has 1 heterocycles. The van der Waals surface area contributed by atoms with Gasteiger partial charge in [0, 0.05) is 23.6 Å². The van der Waals surface area contributed by atoms with E-state index in [1.54, 1.807) is 18.2 Å². The summed E-state index contributed by atoms with van der Waals surface area (Å²) in [4.78, 5) is 8.88. The van der Waals surface area contributed by atoms with Crippen LogP contribution in [-0.2, 0) is 0 Å². The van der Waals surface area contributed by atoms with E-state index in [2.05, 4.69) is 15.3 Å². The molecule has 0 unspecified atom stereocenters. The van der Waals surface area contributed by atoms with Crippen LogP contribution in [0, 0.1) is 0 Å². The lowest BCUT2D eigenvalue weighted by Crippen LogP contribution is -2.05. The van der Waals surface area contributed by atoms with Crippen LogP contribution in [0.25, 0.3) is 0 Å². The van der Waals surface area contributed by atoms with E-state index < -0.39 is 0 Å². The summed E-state index contributed by atoms with van der Waals surface area (Å²) < 4.78 is 5.76. The van der Waals surface area contributed by atoms with Crippen LogP contribution in [-0.4, -0.2) is 16.5 Å². The zero-order chi connectivity index (χ0) is 14.5. The molecule has 2 rings (SSSR count). The van der Waals surface area contributed by atoms with E-state index in [1.165, 1.54) is 0 Å². The van der Waals surface area contributed by atoms with Crippen molar-refractivity contribution in [3.05, 3.63) is 41.2 Å². The number of ether oxygens (including phenoxy) is 1. The van der Waals surface area contributed by atoms with Gasteiger partial charge in [-0.3, -0.25) is 0 Å². The van der Waals surface area contributed by atoms with Gasteiger partial charge in [0.1, 0.15) is 17.4 Å². The van der Waals surface area contributed by atoms with E-state index in [-0.39, 0.29) is 5.92 Å². The zero-order valence-corrected chi connectivity index (χ0v) is 12.6. The van der Waals surface area contributed by atoms with Crippen LogP contribution in [0.4, 0.5) is 5.82 Å². The molecule has 0 amide bonds. The van der Waals surface area contributed by atoms with Crippen molar-refractivity contribution in [2.24, 2.45) is 0 Å². The highest BCUT2D eigenvalue weighted by Gasteiger charge is 2.09. The smallest absolute Gasteiger partial charge is 0.224 e. The quantitative estimate of drug-likeness (QED) is 0.882. The first-order chi connectivity index (χ1) is 9.58. The first kappa shape index (κ1) is 14.6. The van der Waals surface area contributed by atoms with Crippen molar-refractivity contribution < 1.29 is 4.74 Å². The monoisotopic (exact) mass is 291 g/mol. The maximum atomic E-state index is 5.95. The number of halogens is 1. The summed E-state index contributed by atoms with van der Waals surface area (Å²) in [5.41, 5.74) is 0. The Labute approximate surface area is 124 Å². The predicted molar refractivity (Wildman–Crippen MR) is 81.8 cm³/mol. The molecule has 1 aromatic heterocycles. The van der Waals surface area contributed by atoms with Gasteiger partial charge >= 0.3 is 0 Å². The molecule has 20 heavy (non-hydrogen) atoms. The third kappa shape index (κ3) is 3.84. The zero-order valence-electron chi connectivity index (χ0n) is 11.9. The fraction of sp³-hybridized carbons (Fsp3) is 0.333. The Balaban J connectivity index is 2.30. The summed E-state index contributed by atoms with van der Waals surface area (Å²) in [5, 5.41) is 3.82. The molecule has 0 atom stereocenters. The molecule has 1 N–H and O–H groups in total. The Hall–Kier alpha value is -1.81. The molecule has 0 aliphatic rings. The molecule has 0 fully saturated rings. The van der Waals surface area contributed by atoms with Gasteiger partial charge in [-0.25, -0.2) is 4.98 Å². The highest BCUT2D eigenvalue weighted by Crippen LogP contribution is 2.25. The average Bonchev–Trinajstić information content (AvgIpc) is 2.38. The first-order valence-electron chi connectivity index (χ1n) is 6.64. The molecule has 0 saturated carbocycles. The van der Waals surface area contributed by atoms with Crippen molar-refractivity contribution in [3.63, 3.8) is 0 Å². The molecule has 5 heteroatoms. The standard InChI is InChI=1S/C15H18ClN3O/c1-4-17-13-9-14(19-15(18-13)10(2)3)20-12-7-5-6-11(16)8-12/h5-10H,4H2,1-3H3,(H,17,18,19). The highest BCUT2D eigenvalue weighted by molar-refractivity contribution is 6.30. The van der Waals surface area contributed by atoms with Crippen LogP contribution in [0.5, 0.6) is 11.6 Å². The predicted octanol–water partition coefficient (Wildman–Crippen LogP) is 4.48. The summed E-state index contributed by atoms with van der Waals surface area (Å²) in [6, 6.07) is 9.03. The van der Waals surface area contributed by atoms with E-state index in [0.29, 0.717) is 16.7 Å². The summed E-state index contributed by atoms with van der Waals surface area (Å²) in [7, 11) is 0. The van der Waals surface area contributed by atoms with Gasteiger partial charge in [-0.1, -0.05) is 31.5 Å². The van der Waals surface area contributed by atoms with Crippen LogP contribution < -0.4 is 10.1 Å². The van der Waals surface area contributed by atoms with Gasteiger partial charge in [0.15, 0.2) is 0 Å². The van der Waals surface area contributed by atoms with Gasteiger partial charge in [-0.2, -0.15) is 4.98 Å². The fourth-order valence-electron chi connectivity index (χ4n) is 1.68. The minimum Gasteiger partial charge on any atom is -0.439 e. The third-order valence-electron chi connectivity index (χ3n) is 2.61. The second-order valence-corrected chi connectivity index (χ2v) is 5.13. The van der Waals surface area contributed by atoms with Crippen molar-refractivity contribution in [2.75, 3.05) is 11.9 Å². The Bertz CT molecular complexity index is 587. The van der Waals surface area contributed by atoms with Crippen LogP contribution in [0.15, 0.2) is 30.3 Å². The van der Waals surface area contributed by atoms with E-state index in [0.717, 1.165) is 18.2 Å². The van der Waals surface area contributed by atoms with E-state index in [4.69, 9.17) is 16.3 Å². The lowest BCUT2D eigenvalue weighted by atomic mass is 10.2. The number of aromatic nitrogens is 2. The van der Waals surface area contributed by atoms with Crippen molar-refractivity contribution >= 4 is 17.4 Å². The Morgan fingerprint density at radius 2 is 2.05 bits per heavy atom. The molecule has 4 nitrogen and oxygen atoms in total. The average molecular weight is 292 g/mol. The molecule has 0 bridgehead atoms. The molecule has 1 aromatic carbocycles. The number of rotatable bonds is 5. The van der Waals surface area contributed by atoms with Crippen LogP contribution in [0.2, 0.25) is 5.02 Å². The molecule has 0 radical (unpaired) electrons. The van der Waals surface area contributed by atoms with Crippen LogP contribution >= 0.6 is 11.6 Å². The summed E-state index contributed by atoms with van der Waals surface area (Å²) in [6.45, 7) is 6.92. The summed E-state index contributed by atoms with van der Waals surface area (Å²) in [6.07, 6.45) is 0. The summed E-state index contributed by atoms with van der Waals surface area (Å²) >= 11 is 5.95. The lowest BCUT2D eigenvalue weighted by molar-refractivity contribution is 0.457. The van der Waals surface area contributed by atoms with Crippen molar-refractivity contribution in [1.82, 2.24) is 9.97 Å². The Morgan fingerprint density at radius 3 is 2.70 bits per heavy atom. The van der Waals surface area contributed by atoms with Gasteiger partial charge < -0.3 is 10.1 Å². The van der Waals surface area contributed by atoms with Crippen molar-refractivity contribution in [1.29, 1.82) is 0 Å². The van der Waals surface area contributed by atoms with Gasteiger partial charge in [0.2, 0.25) is 5.88 Å². The number of nitrogens with one attached hydrogen (secondary N) is 1. The van der Waals surface area contributed by atoms with E-state index in [1.807, 2.05) is 32.9 Å².